The summed E-state index contributed by atoms with van der Waals surface area (Å²) in [4.78, 5) is 23.9. The van der Waals surface area contributed by atoms with Crippen LogP contribution in [0.4, 0.5) is 4.39 Å². The molecule has 1 fully saturated rings. The van der Waals surface area contributed by atoms with Crippen molar-refractivity contribution in [2.24, 2.45) is 0 Å². The van der Waals surface area contributed by atoms with Gasteiger partial charge in [0.05, 0.1) is 4.88 Å². The zero-order valence-corrected chi connectivity index (χ0v) is 12.1. The first kappa shape index (κ1) is 14.0. The molecule has 0 spiro atoms. The Bertz CT molecular complexity index is 698. The number of hydrogen-bond acceptors (Lipinski definition) is 3. The van der Waals surface area contributed by atoms with Crippen LogP contribution in [-0.2, 0) is 4.79 Å². The second-order valence-corrected chi connectivity index (χ2v) is 6.24. The number of rotatable bonds is 3. The van der Waals surface area contributed by atoms with Crippen LogP contribution in [0, 0.1) is 5.82 Å². The van der Waals surface area contributed by atoms with Gasteiger partial charge in [-0.2, -0.15) is 0 Å². The Morgan fingerprint density at radius 2 is 2.29 bits per heavy atom. The Kier molecular flexibility index (Phi) is 3.88. The van der Waals surface area contributed by atoms with Crippen molar-refractivity contribution in [2.75, 3.05) is 6.54 Å². The Balaban J connectivity index is 1.65. The molecule has 21 heavy (non-hydrogen) atoms. The molecule has 0 aliphatic carbocycles. The van der Waals surface area contributed by atoms with E-state index in [2.05, 4.69) is 10.6 Å². The largest absolute Gasteiger partial charge is 0.352 e. The first-order valence-corrected chi connectivity index (χ1v) is 7.70. The molecule has 110 valence electrons. The van der Waals surface area contributed by atoms with E-state index in [-0.39, 0.29) is 23.7 Å². The van der Waals surface area contributed by atoms with Gasteiger partial charge in [0.1, 0.15) is 5.82 Å². The van der Waals surface area contributed by atoms with E-state index in [4.69, 9.17) is 0 Å². The second-order valence-electron chi connectivity index (χ2n) is 5.16. The smallest absolute Gasteiger partial charge is 0.261 e. The maximum absolute atomic E-state index is 13.1. The van der Waals surface area contributed by atoms with E-state index in [9.17, 15) is 14.0 Å². The summed E-state index contributed by atoms with van der Waals surface area (Å²) >= 11 is 1.34. The van der Waals surface area contributed by atoms with Gasteiger partial charge in [-0.25, -0.2) is 4.39 Å². The van der Waals surface area contributed by atoms with Crippen molar-refractivity contribution in [1.82, 2.24) is 10.6 Å². The molecule has 0 bridgehead atoms. The number of nitrogens with one attached hydrogen (secondary N) is 2. The Morgan fingerprint density at radius 1 is 1.43 bits per heavy atom. The summed E-state index contributed by atoms with van der Waals surface area (Å²) in [5.74, 6) is -0.452. The molecule has 1 atom stereocenters. The molecule has 2 amide bonds. The zero-order chi connectivity index (χ0) is 14.8. The molecule has 6 heteroatoms. The molecule has 2 aromatic rings. The molecule has 1 aromatic carbocycles. The zero-order valence-electron chi connectivity index (χ0n) is 11.3. The Labute approximate surface area is 125 Å². The Morgan fingerprint density at radius 3 is 3.10 bits per heavy atom. The molecular weight excluding hydrogens is 291 g/mol. The fourth-order valence-corrected chi connectivity index (χ4v) is 3.42. The van der Waals surface area contributed by atoms with Crippen LogP contribution in [-0.4, -0.2) is 24.4 Å². The lowest BCUT2D eigenvalue weighted by molar-refractivity contribution is -0.123. The van der Waals surface area contributed by atoms with Gasteiger partial charge in [-0.05, 0) is 42.5 Å². The van der Waals surface area contributed by atoms with Gasteiger partial charge in [-0.15, -0.1) is 11.3 Å². The molecular formula is C15H15FN2O2S. The molecule has 1 aliphatic heterocycles. The monoisotopic (exact) mass is 306 g/mol. The number of carbonyl (C=O) groups is 2. The lowest BCUT2D eigenvalue weighted by Gasteiger charge is -2.23. The van der Waals surface area contributed by atoms with E-state index < -0.39 is 0 Å². The summed E-state index contributed by atoms with van der Waals surface area (Å²) in [6.45, 7) is 0.424. The minimum atomic E-state index is -0.308. The van der Waals surface area contributed by atoms with E-state index in [0.29, 0.717) is 17.8 Å². The number of benzene rings is 1. The summed E-state index contributed by atoms with van der Waals surface area (Å²) in [7, 11) is 0. The van der Waals surface area contributed by atoms with E-state index in [0.717, 1.165) is 22.9 Å². The predicted octanol–water partition coefficient (Wildman–Crippen LogP) is 2.44. The van der Waals surface area contributed by atoms with Crippen LogP contribution >= 0.6 is 11.3 Å². The van der Waals surface area contributed by atoms with Gasteiger partial charge in [0.2, 0.25) is 5.91 Å². The summed E-state index contributed by atoms with van der Waals surface area (Å²) in [5, 5.41) is 6.42. The van der Waals surface area contributed by atoms with Gasteiger partial charge in [0, 0.05) is 23.7 Å². The third kappa shape index (κ3) is 3.21. The van der Waals surface area contributed by atoms with Crippen molar-refractivity contribution in [3.63, 3.8) is 0 Å². The number of fused-ring (bicyclic) bond motifs is 1. The fraction of sp³-hybridized carbons (Fsp3) is 0.333. The Hall–Kier alpha value is -1.95. The van der Waals surface area contributed by atoms with E-state index >= 15 is 0 Å². The van der Waals surface area contributed by atoms with Gasteiger partial charge >= 0.3 is 0 Å². The first-order chi connectivity index (χ1) is 10.1. The number of carbonyl (C=O) groups excluding carboxylic acids is 2. The molecule has 2 N–H and O–H groups in total. The minimum Gasteiger partial charge on any atom is -0.352 e. The van der Waals surface area contributed by atoms with Crippen molar-refractivity contribution in [3.8, 4) is 0 Å². The molecule has 4 nitrogen and oxygen atoms in total. The van der Waals surface area contributed by atoms with Crippen LogP contribution < -0.4 is 10.6 Å². The normalized spacial score (nSPS) is 18.5. The molecule has 1 aliphatic rings. The van der Waals surface area contributed by atoms with E-state index in [1.165, 1.54) is 23.5 Å². The van der Waals surface area contributed by atoms with Crippen molar-refractivity contribution in [1.29, 1.82) is 0 Å². The van der Waals surface area contributed by atoms with Gasteiger partial charge in [0.25, 0.3) is 5.91 Å². The summed E-state index contributed by atoms with van der Waals surface area (Å²) in [6, 6.07) is 6.18. The quantitative estimate of drug-likeness (QED) is 0.915. The highest BCUT2D eigenvalue weighted by molar-refractivity contribution is 7.20. The highest BCUT2D eigenvalue weighted by atomic mass is 32.1. The van der Waals surface area contributed by atoms with Crippen LogP contribution in [0.5, 0.6) is 0 Å². The fourth-order valence-electron chi connectivity index (χ4n) is 2.46. The number of thiophene rings is 1. The maximum atomic E-state index is 13.1. The maximum Gasteiger partial charge on any atom is 0.261 e. The molecule has 0 saturated carbocycles. The molecule has 1 saturated heterocycles. The lowest BCUT2D eigenvalue weighted by Crippen LogP contribution is -2.46. The SMILES string of the molecule is O=C1CCC[C@H](CNC(=O)c2cc3cc(F)ccc3s2)N1. The highest BCUT2D eigenvalue weighted by Crippen LogP contribution is 2.26. The number of amides is 2. The molecule has 3 rings (SSSR count). The van der Waals surface area contributed by atoms with Crippen LogP contribution in [0.1, 0.15) is 28.9 Å². The van der Waals surface area contributed by atoms with Crippen LogP contribution in [0.2, 0.25) is 0 Å². The molecule has 0 radical (unpaired) electrons. The van der Waals surface area contributed by atoms with Crippen molar-refractivity contribution in [3.05, 3.63) is 35.0 Å². The molecule has 1 aromatic heterocycles. The average Bonchev–Trinajstić information content (AvgIpc) is 2.88. The average molecular weight is 306 g/mol. The van der Waals surface area contributed by atoms with Crippen molar-refractivity contribution >= 4 is 33.2 Å². The summed E-state index contributed by atoms with van der Waals surface area (Å²) in [5.41, 5.74) is 0. The van der Waals surface area contributed by atoms with Gasteiger partial charge < -0.3 is 10.6 Å². The van der Waals surface area contributed by atoms with E-state index in [1.807, 2.05) is 0 Å². The topological polar surface area (TPSA) is 58.2 Å². The van der Waals surface area contributed by atoms with Crippen molar-refractivity contribution in [2.45, 2.75) is 25.3 Å². The minimum absolute atomic E-state index is 0.00187. The summed E-state index contributed by atoms with van der Waals surface area (Å²) < 4.78 is 14.0. The van der Waals surface area contributed by atoms with Gasteiger partial charge in [-0.1, -0.05) is 0 Å². The number of hydrogen-bond donors (Lipinski definition) is 2. The van der Waals surface area contributed by atoms with Crippen LogP contribution in [0.15, 0.2) is 24.3 Å². The van der Waals surface area contributed by atoms with Gasteiger partial charge in [0.15, 0.2) is 0 Å². The van der Waals surface area contributed by atoms with E-state index in [1.54, 1.807) is 12.1 Å². The van der Waals surface area contributed by atoms with Crippen molar-refractivity contribution < 1.29 is 14.0 Å². The molecule has 2 heterocycles. The lowest BCUT2D eigenvalue weighted by atomic mass is 10.0. The second kappa shape index (κ2) is 5.81. The predicted molar refractivity (Wildman–Crippen MR) is 79.9 cm³/mol. The standard InChI is InChI=1S/C15H15FN2O2S/c16-10-4-5-12-9(6-10)7-13(21-12)15(20)17-8-11-2-1-3-14(19)18-11/h4-7,11H,1-3,8H2,(H,17,20)(H,18,19)/t11-/m1/s1. The third-order valence-corrected chi connectivity index (χ3v) is 4.65. The van der Waals surface area contributed by atoms with Gasteiger partial charge in [-0.3, -0.25) is 9.59 Å². The number of halogens is 1. The highest BCUT2D eigenvalue weighted by Gasteiger charge is 2.19. The molecule has 0 unspecified atom stereocenters. The van der Waals surface area contributed by atoms with Crippen LogP contribution in [0.3, 0.4) is 0 Å². The third-order valence-electron chi connectivity index (χ3n) is 3.53. The summed E-state index contributed by atoms with van der Waals surface area (Å²) in [6.07, 6.45) is 2.30. The first-order valence-electron chi connectivity index (χ1n) is 6.88. The number of piperidine rings is 1. The van der Waals surface area contributed by atoms with Crippen LogP contribution in [0.25, 0.3) is 10.1 Å².